The lowest BCUT2D eigenvalue weighted by Crippen LogP contribution is -2.41. The monoisotopic (exact) mass is 248 g/mol. The number of hydrogen-bond donors (Lipinski definition) is 3. The number of imidazole rings is 1. The summed E-state index contributed by atoms with van der Waals surface area (Å²) in [7, 11) is -2.79. The Morgan fingerprint density at radius 2 is 2.38 bits per heavy atom. The predicted octanol–water partition coefficient (Wildman–Crippen LogP) is -0.857. The molecule has 1 heterocycles. The van der Waals surface area contributed by atoms with Gasteiger partial charge in [-0.25, -0.2) is 14.5 Å². The predicted molar refractivity (Wildman–Crippen MR) is 54.8 cm³/mol. The maximum absolute atomic E-state index is 11.2. The van der Waals surface area contributed by atoms with Crippen molar-refractivity contribution in [1.82, 2.24) is 19.4 Å². The molecule has 0 bridgehead atoms. The fourth-order valence-corrected chi connectivity index (χ4v) is 1.67. The molecule has 0 saturated carbocycles. The van der Waals surface area contributed by atoms with E-state index >= 15 is 0 Å². The lowest BCUT2D eigenvalue weighted by Gasteiger charge is -2.06. The third kappa shape index (κ3) is 4.28. The minimum Gasteiger partial charge on any atom is -0.452 e. The maximum Gasteiger partial charge on any atom is 0.421 e. The van der Waals surface area contributed by atoms with Crippen molar-refractivity contribution in [3.05, 3.63) is 18.2 Å². The Hall–Kier alpha value is -1.61. The third-order valence-electron chi connectivity index (χ3n) is 1.61. The van der Waals surface area contributed by atoms with Crippen molar-refractivity contribution < 1.29 is 17.9 Å². The molecule has 1 rings (SSSR count). The first kappa shape index (κ1) is 12.5. The molecule has 8 nitrogen and oxygen atoms in total. The van der Waals surface area contributed by atoms with Crippen LogP contribution < -0.4 is 9.44 Å². The molecule has 0 spiro atoms. The average Bonchev–Trinajstić information content (AvgIpc) is 2.69. The summed E-state index contributed by atoms with van der Waals surface area (Å²) in [5.41, 5.74) is 0. The number of hydrogen-bond acceptors (Lipinski definition) is 5. The molecule has 0 radical (unpaired) electrons. The maximum atomic E-state index is 11.2. The van der Waals surface area contributed by atoms with Crippen LogP contribution in [0.15, 0.2) is 12.4 Å². The van der Waals surface area contributed by atoms with Gasteiger partial charge in [-0.15, -0.1) is 0 Å². The van der Waals surface area contributed by atoms with Crippen LogP contribution in [0.1, 0.15) is 5.82 Å². The zero-order chi connectivity index (χ0) is 12.0. The van der Waals surface area contributed by atoms with Gasteiger partial charge in [0.1, 0.15) is 5.82 Å². The Morgan fingerprint density at radius 3 is 2.94 bits per heavy atom. The molecule has 0 atom stereocenters. The molecule has 3 N–H and O–H groups in total. The molecular weight excluding hydrogens is 236 g/mol. The second-order valence-electron chi connectivity index (χ2n) is 2.78. The summed E-state index contributed by atoms with van der Waals surface area (Å²) >= 11 is 0. The minimum atomic E-state index is -3.86. The van der Waals surface area contributed by atoms with Crippen molar-refractivity contribution in [1.29, 1.82) is 0 Å². The molecular formula is C7H12N4O4S. The smallest absolute Gasteiger partial charge is 0.421 e. The van der Waals surface area contributed by atoms with Gasteiger partial charge in [0, 0.05) is 25.4 Å². The van der Waals surface area contributed by atoms with E-state index in [-0.39, 0.29) is 6.54 Å². The second-order valence-corrected chi connectivity index (χ2v) is 4.28. The molecule has 1 amide bonds. The van der Waals surface area contributed by atoms with Crippen molar-refractivity contribution in [3.63, 3.8) is 0 Å². The van der Waals surface area contributed by atoms with Crippen LogP contribution in [-0.4, -0.2) is 38.1 Å². The summed E-state index contributed by atoms with van der Waals surface area (Å²) in [4.78, 5) is 17.4. The zero-order valence-corrected chi connectivity index (χ0v) is 9.37. The topological polar surface area (TPSA) is 113 Å². The normalized spacial score (nSPS) is 11.1. The Morgan fingerprint density at radius 1 is 1.62 bits per heavy atom. The summed E-state index contributed by atoms with van der Waals surface area (Å²) in [5, 5.41) is 0. The first-order valence-electron chi connectivity index (χ1n) is 4.37. The van der Waals surface area contributed by atoms with Gasteiger partial charge in [0.2, 0.25) is 0 Å². The number of rotatable bonds is 5. The molecule has 0 aliphatic rings. The molecule has 1 aromatic heterocycles. The zero-order valence-electron chi connectivity index (χ0n) is 8.56. The SMILES string of the molecule is COC(=O)NS(=O)(=O)NCCc1ncc[nH]1. The highest BCUT2D eigenvalue weighted by molar-refractivity contribution is 7.88. The number of ether oxygens (including phenoxy) is 1. The molecule has 0 aliphatic heterocycles. The first-order valence-corrected chi connectivity index (χ1v) is 5.85. The lowest BCUT2D eigenvalue weighted by molar-refractivity contribution is 0.177. The fraction of sp³-hybridized carbons (Fsp3) is 0.429. The molecule has 0 aliphatic carbocycles. The van der Waals surface area contributed by atoms with Crippen molar-refractivity contribution in [2.75, 3.05) is 13.7 Å². The van der Waals surface area contributed by atoms with E-state index in [4.69, 9.17) is 0 Å². The van der Waals surface area contributed by atoms with Gasteiger partial charge in [0.15, 0.2) is 0 Å². The van der Waals surface area contributed by atoms with E-state index in [9.17, 15) is 13.2 Å². The molecule has 0 aromatic carbocycles. The van der Waals surface area contributed by atoms with Crippen molar-refractivity contribution >= 4 is 16.3 Å². The number of methoxy groups -OCH3 is 1. The number of carbonyl (C=O) groups is 1. The van der Waals surface area contributed by atoms with Crippen LogP contribution in [-0.2, 0) is 21.4 Å². The number of aromatic amines is 1. The van der Waals surface area contributed by atoms with E-state index in [0.717, 1.165) is 7.11 Å². The number of amides is 1. The highest BCUT2D eigenvalue weighted by atomic mass is 32.2. The number of carbonyl (C=O) groups excluding carboxylic acids is 1. The average molecular weight is 248 g/mol. The van der Waals surface area contributed by atoms with Gasteiger partial charge in [-0.2, -0.15) is 13.1 Å². The summed E-state index contributed by atoms with van der Waals surface area (Å²) in [6.45, 7) is 0.125. The van der Waals surface area contributed by atoms with E-state index in [1.165, 1.54) is 0 Å². The number of aromatic nitrogens is 2. The van der Waals surface area contributed by atoms with Gasteiger partial charge < -0.3 is 9.72 Å². The van der Waals surface area contributed by atoms with E-state index in [1.54, 1.807) is 17.1 Å². The Kier molecular flexibility index (Phi) is 4.26. The van der Waals surface area contributed by atoms with Crippen LogP contribution >= 0.6 is 0 Å². The third-order valence-corrected chi connectivity index (χ3v) is 2.63. The number of H-pyrrole nitrogens is 1. The van der Waals surface area contributed by atoms with Crippen LogP contribution in [0.4, 0.5) is 4.79 Å². The largest absolute Gasteiger partial charge is 0.452 e. The molecule has 0 unspecified atom stereocenters. The summed E-state index contributed by atoms with van der Waals surface area (Å²) in [5.74, 6) is 0.653. The highest BCUT2D eigenvalue weighted by Crippen LogP contribution is 1.89. The van der Waals surface area contributed by atoms with Gasteiger partial charge >= 0.3 is 16.3 Å². The molecule has 9 heteroatoms. The van der Waals surface area contributed by atoms with Gasteiger partial charge in [-0.3, -0.25) is 0 Å². The van der Waals surface area contributed by atoms with E-state index in [0.29, 0.717) is 12.2 Å². The van der Waals surface area contributed by atoms with Gasteiger partial charge in [0.05, 0.1) is 7.11 Å². The van der Waals surface area contributed by atoms with Crippen molar-refractivity contribution in [2.24, 2.45) is 0 Å². The fourth-order valence-electron chi connectivity index (χ4n) is 0.926. The second kappa shape index (κ2) is 5.47. The van der Waals surface area contributed by atoms with Gasteiger partial charge in [-0.05, 0) is 0 Å². The van der Waals surface area contributed by atoms with Crippen LogP contribution in [0.3, 0.4) is 0 Å². The van der Waals surface area contributed by atoms with Crippen molar-refractivity contribution in [3.8, 4) is 0 Å². The van der Waals surface area contributed by atoms with Gasteiger partial charge in [-0.1, -0.05) is 0 Å². The molecule has 0 fully saturated rings. The summed E-state index contributed by atoms with van der Waals surface area (Å²) < 4.78 is 30.3. The van der Waals surface area contributed by atoms with Crippen LogP contribution in [0.5, 0.6) is 0 Å². The standard InChI is InChI=1S/C7H12N4O4S/c1-15-7(12)11-16(13,14)10-3-2-6-8-4-5-9-6/h4-5,10H,2-3H2,1H3,(H,8,9)(H,11,12). The summed E-state index contributed by atoms with van der Waals surface area (Å²) in [6.07, 6.45) is 2.56. The minimum absolute atomic E-state index is 0.125. The van der Waals surface area contributed by atoms with Crippen molar-refractivity contribution in [2.45, 2.75) is 6.42 Å². The summed E-state index contributed by atoms with van der Waals surface area (Å²) in [6, 6.07) is 0. The van der Waals surface area contributed by atoms with E-state index in [1.807, 2.05) is 0 Å². The molecule has 0 saturated heterocycles. The molecule has 16 heavy (non-hydrogen) atoms. The quantitative estimate of drug-likeness (QED) is 0.627. The van der Waals surface area contributed by atoms with Crippen LogP contribution in [0.2, 0.25) is 0 Å². The lowest BCUT2D eigenvalue weighted by atomic mass is 10.4. The van der Waals surface area contributed by atoms with Crippen LogP contribution in [0, 0.1) is 0 Å². The molecule has 90 valence electrons. The van der Waals surface area contributed by atoms with E-state index in [2.05, 4.69) is 19.4 Å². The van der Waals surface area contributed by atoms with Gasteiger partial charge in [0.25, 0.3) is 0 Å². The Balaban J connectivity index is 2.34. The number of nitrogens with one attached hydrogen (secondary N) is 3. The Bertz CT molecular complexity index is 427. The van der Waals surface area contributed by atoms with Crippen LogP contribution in [0.25, 0.3) is 0 Å². The number of nitrogens with zero attached hydrogens (tertiary/aromatic N) is 1. The van der Waals surface area contributed by atoms with E-state index < -0.39 is 16.3 Å². The molecule has 1 aromatic rings. The Labute approximate surface area is 92.6 Å². The first-order chi connectivity index (χ1) is 7.53. The highest BCUT2D eigenvalue weighted by Gasteiger charge is 2.13.